The smallest absolute Gasteiger partial charge is 0.132 e. The maximum Gasteiger partial charge on any atom is 0.132 e. The van der Waals surface area contributed by atoms with E-state index in [-0.39, 0.29) is 5.82 Å². The molecule has 0 aliphatic rings. The monoisotopic (exact) mass is 286 g/mol. The highest BCUT2D eigenvalue weighted by molar-refractivity contribution is 5.67. The van der Waals surface area contributed by atoms with Crippen molar-refractivity contribution in [2.24, 2.45) is 7.05 Å². The summed E-state index contributed by atoms with van der Waals surface area (Å²) in [5.41, 5.74) is 3.41. The van der Waals surface area contributed by atoms with E-state index in [9.17, 15) is 4.39 Å². The van der Waals surface area contributed by atoms with Gasteiger partial charge >= 0.3 is 0 Å². The lowest BCUT2D eigenvalue weighted by molar-refractivity contribution is 0.628. The molecule has 0 radical (unpaired) electrons. The van der Waals surface area contributed by atoms with Crippen molar-refractivity contribution in [3.63, 3.8) is 0 Å². The number of rotatable bonds is 4. The molecule has 0 aliphatic heterocycles. The zero-order valence-corrected chi connectivity index (χ0v) is 13.4. The van der Waals surface area contributed by atoms with Gasteiger partial charge in [-0.2, -0.15) is 0 Å². The van der Waals surface area contributed by atoms with Crippen LogP contribution in [-0.2, 0) is 7.05 Å². The molecule has 21 heavy (non-hydrogen) atoms. The van der Waals surface area contributed by atoms with Crippen molar-refractivity contribution < 1.29 is 4.39 Å². The first-order valence-corrected chi connectivity index (χ1v) is 7.40. The minimum Gasteiger partial charge on any atom is -0.331 e. The van der Waals surface area contributed by atoms with E-state index >= 15 is 0 Å². The zero-order valence-electron chi connectivity index (χ0n) is 13.4. The highest BCUT2D eigenvalue weighted by atomic mass is 19.1. The van der Waals surface area contributed by atoms with Crippen LogP contribution >= 0.6 is 0 Å². The molecule has 0 amide bonds. The Balaban J connectivity index is 2.36. The normalized spacial score (nSPS) is 12.0. The number of hydrogen-bond acceptors (Lipinski definition) is 1. The highest BCUT2D eigenvalue weighted by Gasteiger charge is 2.18. The Hall–Kier alpha value is -1.90. The van der Waals surface area contributed by atoms with E-state index in [0.29, 0.717) is 11.8 Å². The number of aromatic nitrogens is 2. The third kappa shape index (κ3) is 3.41. The van der Waals surface area contributed by atoms with Crippen LogP contribution < -0.4 is 0 Å². The van der Waals surface area contributed by atoms with Crippen molar-refractivity contribution in [1.29, 1.82) is 0 Å². The fraction of sp³-hybridized carbons (Fsp3) is 0.389. The molecular weight excluding hydrogens is 263 g/mol. The molecule has 0 aliphatic carbocycles. The van der Waals surface area contributed by atoms with Crippen LogP contribution in [0.1, 0.15) is 62.3 Å². The van der Waals surface area contributed by atoms with Crippen molar-refractivity contribution in [2.75, 3.05) is 0 Å². The van der Waals surface area contributed by atoms with Crippen LogP contribution in [0.5, 0.6) is 0 Å². The van der Waals surface area contributed by atoms with Gasteiger partial charge in [-0.25, -0.2) is 9.37 Å². The number of benzene rings is 1. The van der Waals surface area contributed by atoms with Gasteiger partial charge in [0.1, 0.15) is 11.6 Å². The maximum absolute atomic E-state index is 12.9. The van der Waals surface area contributed by atoms with Gasteiger partial charge < -0.3 is 4.57 Å². The Morgan fingerprint density at radius 1 is 1.00 bits per heavy atom. The van der Waals surface area contributed by atoms with E-state index in [0.717, 1.165) is 17.1 Å². The summed E-state index contributed by atoms with van der Waals surface area (Å²) in [4.78, 5) is 4.77. The van der Waals surface area contributed by atoms with Crippen molar-refractivity contribution in [2.45, 2.75) is 39.5 Å². The van der Waals surface area contributed by atoms with Crippen LogP contribution in [0, 0.1) is 5.82 Å². The minimum absolute atomic E-state index is 0.215. The van der Waals surface area contributed by atoms with Crippen LogP contribution in [-0.4, -0.2) is 9.55 Å². The fourth-order valence-corrected chi connectivity index (χ4v) is 2.55. The van der Waals surface area contributed by atoms with Crippen molar-refractivity contribution in [3.05, 3.63) is 52.9 Å². The molecule has 0 saturated carbocycles. The zero-order chi connectivity index (χ0) is 15.6. The lowest BCUT2D eigenvalue weighted by Crippen LogP contribution is -2.03. The highest BCUT2D eigenvalue weighted by Crippen LogP contribution is 2.26. The van der Waals surface area contributed by atoms with Crippen LogP contribution in [0.4, 0.5) is 4.39 Å². The molecule has 0 bridgehead atoms. The molecule has 1 heterocycles. The van der Waals surface area contributed by atoms with Gasteiger partial charge in [-0.1, -0.05) is 45.9 Å². The molecule has 1 aromatic carbocycles. The predicted molar refractivity (Wildman–Crippen MR) is 86.7 cm³/mol. The van der Waals surface area contributed by atoms with Crippen LogP contribution in [0.3, 0.4) is 0 Å². The minimum atomic E-state index is -0.215. The molecule has 3 heteroatoms. The molecule has 0 unspecified atom stereocenters. The molecular formula is C18H23FN2. The van der Waals surface area contributed by atoms with Gasteiger partial charge in [-0.3, -0.25) is 0 Å². The van der Waals surface area contributed by atoms with Crippen LogP contribution in [0.15, 0.2) is 24.3 Å². The predicted octanol–water partition coefficient (Wildman–Crippen LogP) is 4.98. The van der Waals surface area contributed by atoms with E-state index in [1.165, 1.54) is 17.8 Å². The Kier molecular flexibility index (Phi) is 4.61. The molecule has 0 saturated heterocycles. The lowest BCUT2D eigenvalue weighted by Gasteiger charge is -2.11. The molecule has 2 rings (SSSR count). The summed E-state index contributed by atoms with van der Waals surface area (Å²) < 4.78 is 15.1. The van der Waals surface area contributed by atoms with Gasteiger partial charge in [0.05, 0.1) is 5.69 Å². The number of nitrogens with zero attached hydrogens (tertiary/aromatic N) is 2. The molecule has 112 valence electrons. The van der Waals surface area contributed by atoms with E-state index < -0.39 is 0 Å². The molecule has 1 aromatic heterocycles. The van der Waals surface area contributed by atoms with Gasteiger partial charge in [-0.05, 0) is 35.6 Å². The van der Waals surface area contributed by atoms with Crippen molar-refractivity contribution in [1.82, 2.24) is 9.55 Å². The molecule has 0 spiro atoms. The van der Waals surface area contributed by atoms with E-state index in [2.05, 4.69) is 39.3 Å². The Labute approximate surface area is 126 Å². The SMILES string of the molecule is CC(C)c1nc(/C=C/c2ccc(F)cc2)n(C)c1C(C)C. The van der Waals surface area contributed by atoms with E-state index in [1.54, 1.807) is 12.1 Å². The summed E-state index contributed by atoms with van der Waals surface area (Å²) in [5.74, 6) is 1.56. The van der Waals surface area contributed by atoms with Gasteiger partial charge in [0.15, 0.2) is 0 Å². The second kappa shape index (κ2) is 6.25. The van der Waals surface area contributed by atoms with E-state index in [1.807, 2.05) is 12.2 Å². The average Bonchev–Trinajstić information content (AvgIpc) is 2.75. The van der Waals surface area contributed by atoms with Crippen LogP contribution in [0.25, 0.3) is 12.2 Å². The average molecular weight is 286 g/mol. The number of hydrogen-bond donors (Lipinski definition) is 0. The molecule has 0 atom stereocenters. The van der Waals surface area contributed by atoms with Crippen molar-refractivity contribution in [3.8, 4) is 0 Å². The topological polar surface area (TPSA) is 17.8 Å². The van der Waals surface area contributed by atoms with Crippen LogP contribution in [0.2, 0.25) is 0 Å². The number of halogens is 1. The first-order valence-electron chi connectivity index (χ1n) is 7.40. The van der Waals surface area contributed by atoms with Gasteiger partial charge in [0.2, 0.25) is 0 Å². The standard InChI is InChI=1S/C18H23FN2/c1-12(2)17-18(13(3)4)21(5)16(20-17)11-8-14-6-9-15(19)10-7-14/h6-13H,1-5H3/b11-8+. The first kappa shape index (κ1) is 15.5. The third-order valence-electron chi connectivity index (χ3n) is 3.59. The molecule has 0 fully saturated rings. The largest absolute Gasteiger partial charge is 0.331 e. The Morgan fingerprint density at radius 3 is 2.10 bits per heavy atom. The Morgan fingerprint density at radius 2 is 1.62 bits per heavy atom. The second-order valence-electron chi connectivity index (χ2n) is 5.99. The summed E-state index contributed by atoms with van der Waals surface area (Å²) in [6, 6.07) is 6.47. The summed E-state index contributed by atoms with van der Waals surface area (Å²) in [6.45, 7) is 8.72. The maximum atomic E-state index is 12.9. The first-order chi connectivity index (χ1) is 9.90. The summed E-state index contributed by atoms with van der Waals surface area (Å²) in [6.07, 6.45) is 3.96. The summed E-state index contributed by atoms with van der Waals surface area (Å²) in [5, 5.41) is 0. The van der Waals surface area contributed by atoms with E-state index in [4.69, 9.17) is 4.98 Å². The second-order valence-corrected chi connectivity index (χ2v) is 5.99. The molecule has 2 nitrogen and oxygen atoms in total. The summed E-state index contributed by atoms with van der Waals surface area (Å²) >= 11 is 0. The third-order valence-corrected chi connectivity index (χ3v) is 3.59. The molecule has 0 N–H and O–H groups in total. The van der Waals surface area contributed by atoms with Crippen molar-refractivity contribution >= 4 is 12.2 Å². The summed E-state index contributed by atoms with van der Waals surface area (Å²) in [7, 11) is 2.05. The number of imidazole rings is 1. The molecule has 2 aromatic rings. The lowest BCUT2D eigenvalue weighted by atomic mass is 10.0. The quantitative estimate of drug-likeness (QED) is 0.775. The fourth-order valence-electron chi connectivity index (χ4n) is 2.55. The Bertz CT molecular complexity index is 634. The van der Waals surface area contributed by atoms with Gasteiger partial charge in [0.25, 0.3) is 0 Å². The van der Waals surface area contributed by atoms with Gasteiger partial charge in [-0.15, -0.1) is 0 Å². The van der Waals surface area contributed by atoms with Gasteiger partial charge in [0, 0.05) is 12.7 Å².